The Morgan fingerprint density at radius 3 is 2.32 bits per heavy atom. The molecule has 47 heavy (non-hydrogen) atoms. The fourth-order valence-corrected chi connectivity index (χ4v) is 4.48. The largest absolute Gasteiger partial charge is 0.504 e. The van der Waals surface area contributed by atoms with E-state index in [-0.39, 0.29) is 46.4 Å². The number of carbonyl (C=O) groups excluding carboxylic acids is 2. The number of phenols is 1. The highest BCUT2D eigenvalue weighted by Gasteiger charge is 2.28. The number of likely N-dealkylation sites (N-methyl/N-ethyl adjacent to an activating group) is 1. The van der Waals surface area contributed by atoms with Gasteiger partial charge in [0.25, 0.3) is 11.8 Å². The number of hydrogen-bond acceptors (Lipinski definition) is 11. The molecule has 0 spiro atoms. The number of halogens is 2. The number of carbonyl (C=O) groups is 2. The van der Waals surface area contributed by atoms with Crippen molar-refractivity contribution in [3.63, 3.8) is 0 Å². The van der Waals surface area contributed by atoms with Crippen LogP contribution in [0.25, 0.3) is 0 Å². The van der Waals surface area contributed by atoms with Crippen LogP contribution in [0.3, 0.4) is 0 Å². The molecular formula is C32H28F2N6O7. The van der Waals surface area contributed by atoms with Gasteiger partial charge in [0.05, 0.1) is 18.7 Å². The van der Waals surface area contributed by atoms with E-state index in [2.05, 4.69) is 9.98 Å². The van der Waals surface area contributed by atoms with Crippen molar-refractivity contribution in [2.45, 2.75) is 6.92 Å². The smallest absolute Gasteiger partial charge is 0.338 e. The summed E-state index contributed by atoms with van der Waals surface area (Å²) >= 11 is 0. The Bertz CT molecular complexity index is 1930. The topological polar surface area (TPSA) is 196 Å². The molecule has 1 amide bonds. The van der Waals surface area contributed by atoms with Crippen LogP contribution in [0.1, 0.15) is 38.8 Å². The second-order valence-corrected chi connectivity index (χ2v) is 10.1. The van der Waals surface area contributed by atoms with E-state index in [1.807, 2.05) is 11.9 Å². The number of nitrogens with one attached hydrogen (secondary N) is 1. The lowest BCUT2D eigenvalue weighted by atomic mass is 10.1. The van der Waals surface area contributed by atoms with E-state index in [1.54, 1.807) is 25.1 Å². The highest BCUT2D eigenvalue weighted by Crippen LogP contribution is 2.41. The Morgan fingerprint density at radius 2 is 1.66 bits per heavy atom. The summed E-state index contributed by atoms with van der Waals surface area (Å²) in [7, 11) is 1.87. The van der Waals surface area contributed by atoms with Crippen molar-refractivity contribution in [3.05, 3.63) is 94.6 Å². The van der Waals surface area contributed by atoms with E-state index < -0.39 is 46.8 Å². The normalized spacial score (nSPS) is 12.3. The summed E-state index contributed by atoms with van der Waals surface area (Å²) in [4.78, 5) is 34.7. The molecule has 13 nitrogen and oxygen atoms in total. The number of amides is 1. The van der Waals surface area contributed by atoms with Gasteiger partial charge in [-0.3, -0.25) is 15.2 Å². The zero-order chi connectivity index (χ0) is 33.8. The lowest BCUT2D eigenvalue weighted by molar-refractivity contribution is 0.0526. The predicted molar refractivity (Wildman–Crippen MR) is 165 cm³/mol. The SMILES string of the molecule is CCOC(=O)c1cc(Oc2c(F)c(Oc3cccc(C4=NCCN4C)c3)nc(Oc3cc(C(=N)N)ccc3O)c2F)cc(C(N)=O)c1. The number of ether oxygens (including phenoxy) is 4. The Morgan fingerprint density at radius 1 is 0.936 bits per heavy atom. The number of nitrogens with two attached hydrogens (primary N) is 2. The first-order valence-electron chi connectivity index (χ1n) is 14.0. The number of aliphatic imine (C=N–C) groups is 1. The average molecular weight is 647 g/mol. The third-order valence-corrected chi connectivity index (χ3v) is 6.74. The fourth-order valence-electron chi connectivity index (χ4n) is 4.48. The minimum absolute atomic E-state index is 0.00728. The second-order valence-electron chi connectivity index (χ2n) is 10.1. The van der Waals surface area contributed by atoms with Crippen LogP contribution in [-0.2, 0) is 4.74 Å². The van der Waals surface area contributed by atoms with E-state index >= 15 is 8.78 Å². The second kappa shape index (κ2) is 13.4. The third kappa shape index (κ3) is 7.03. The van der Waals surface area contributed by atoms with Gasteiger partial charge in [-0.05, 0) is 55.5 Å². The summed E-state index contributed by atoms with van der Waals surface area (Å²) < 4.78 is 53.9. The van der Waals surface area contributed by atoms with E-state index in [0.29, 0.717) is 24.5 Å². The number of hydrogen-bond donors (Lipinski definition) is 4. The van der Waals surface area contributed by atoms with Gasteiger partial charge in [0.1, 0.15) is 23.2 Å². The van der Waals surface area contributed by atoms with E-state index in [4.69, 9.17) is 35.8 Å². The minimum Gasteiger partial charge on any atom is -0.504 e. The average Bonchev–Trinajstić information content (AvgIpc) is 3.48. The number of nitrogen functional groups attached to an aromatic ring is 1. The number of aromatic nitrogens is 1. The lowest BCUT2D eigenvalue weighted by Crippen LogP contribution is -2.23. The summed E-state index contributed by atoms with van der Waals surface area (Å²) in [5.41, 5.74) is 11.3. The van der Waals surface area contributed by atoms with Gasteiger partial charge in [0, 0.05) is 30.3 Å². The van der Waals surface area contributed by atoms with Crippen molar-refractivity contribution in [1.82, 2.24) is 9.88 Å². The molecule has 1 aromatic heterocycles. The summed E-state index contributed by atoms with van der Waals surface area (Å²) in [6, 6.07) is 13.4. The van der Waals surface area contributed by atoms with Crippen molar-refractivity contribution in [1.29, 1.82) is 5.41 Å². The first-order valence-corrected chi connectivity index (χ1v) is 14.0. The zero-order valence-electron chi connectivity index (χ0n) is 25.0. The first kappa shape index (κ1) is 32.2. The standard InChI is InChI=1S/C32H28F2N6O7/c1-3-44-32(43)19-11-18(28(37)42)13-21(14-19)45-26-24(33)30(46-20-6-4-5-17(12-20)29-38-9-10-40(29)2)39-31(25(26)34)47-23-15-16(27(35)36)7-8-22(23)41/h4-8,11-15,41H,3,9-10H2,1-2H3,(H3,35,36)(H2,37,42). The molecule has 0 atom stereocenters. The third-order valence-electron chi connectivity index (χ3n) is 6.74. The van der Waals surface area contributed by atoms with Crippen LogP contribution in [-0.4, -0.2) is 65.3 Å². The van der Waals surface area contributed by atoms with E-state index in [9.17, 15) is 14.7 Å². The van der Waals surface area contributed by atoms with Crippen LogP contribution >= 0.6 is 0 Å². The number of benzene rings is 3. The molecule has 0 saturated heterocycles. The molecular weight excluding hydrogens is 618 g/mol. The molecule has 3 aromatic carbocycles. The quantitative estimate of drug-likeness (QED) is 0.101. The number of phenolic OH excluding ortho intramolecular Hbond substituents is 1. The molecule has 242 valence electrons. The summed E-state index contributed by atoms with van der Waals surface area (Å²) in [5.74, 6) is -8.31. The van der Waals surface area contributed by atoms with Gasteiger partial charge in [0.15, 0.2) is 11.5 Å². The minimum atomic E-state index is -1.49. The van der Waals surface area contributed by atoms with Crippen LogP contribution in [0.4, 0.5) is 8.78 Å². The van der Waals surface area contributed by atoms with Crippen LogP contribution in [0.15, 0.2) is 65.7 Å². The van der Waals surface area contributed by atoms with E-state index in [0.717, 1.165) is 30.3 Å². The maximum Gasteiger partial charge on any atom is 0.338 e. The molecule has 0 saturated carbocycles. The highest BCUT2D eigenvalue weighted by molar-refractivity contribution is 6.00. The van der Waals surface area contributed by atoms with Crippen molar-refractivity contribution in [2.75, 3.05) is 26.7 Å². The van der Waals surface area contributed by atoms with Gasteiger partial charge in [0.2, 0.25) is 23.3 Å². The maximum absolute atomic E-state index is 16.1. The van der Waals surface area contributed by atoms with Gasteiger partial charge in [-0.1, -0.05) is 12.1 Å². The summed E-state index contributed by atoms with van der Waals surface area (Å²) in [6.45, 7) is 2.88. The summed E-state index contributed by atoms with van der Waals surface area (Å²) in [5, 5.41) is 18.0. The number of pyridine rings is 1. The van der Waals surface area contributed by atoms with Crippen molar-refractivity contribution >= 4 is 23.5 Å². The number of amidine groups is 2. The van der Waals surface area contributed by atoms with Crippen molar-refractivity contribution < 1.29 is 42.4 Å². The van der Waals surface area contributed by atoms with Crippen molar-refractivity contribution in [2.24, 2.45) is 16.5 Å². The lowest BCUT2D eigenvalue weighted by Gasteiger charge is -2.17. The monoisotopic (exact) mass is 646 g/mol. The van der Waals surface area contributed by atoms with Gasteiger partial charge in [-0.2, -0.15) is 13.8 Å². The number of aromatic hydroxyl groups is 1. The van der Waals surface area contributed by atoms with Crippen molar-refractivity contribution in [3.8, 4) is 40.5 Å². The molecule has 15 heteroatoms. The molecule has 0 fully saturated rings. The number of rotatable bonds is 11. The molecule has 2 heterocycles. The maximum atomic E-state index is 16.1. The zero-order valence-corrected chi connectivity index (χ0v) is 25.0. The van der Waals surface area contributed by atoms with Gasteiger partial charge in [-0.25, -0.2) is 4.79 Å². The number of primary amides is 1. The Kier molecular flexibility index (Phi) is 9.16. The molecule has 0 unspecified atom stereocenters. The number of esters is 1. The molecule has 1 aliphatic heterocycles. The van der Waals surface area contributed by atoms with E-state index in [1.165, 1.54) is 12.1 Å². The van der Waals surface area contributed by atoms with Crippen LogP contribution in [0.5, 0.6) is 40.5 Å². The Balaban J connectivity index is 1.62. The molecule has 0 radical (unpaired) electrons. The fraction of sp³-hybridized carbons (Fsp3) is 0.156. The number of nitrogens with zero attached hydrogens (tertiary/aromatic N) is 3. The molecule has 6 N–H and O–H groups in total. The van der Waals surface area contributed by atoms with Crippen LogP contribution in [0, 0.1) is 17.0 Å². The molecule has 0 bridgehead atoms. The van der Waals surface area contributed by atoms with Crippen LogP contribution < -0.4 is 25.7 Å². The molecule has 5 rings (SSSR count). The molecule has 1 aliphatic rings. The Labute approximate surface area is 266 Å². The van der Waals surface area contributed by atoms with Gasteiger partial charge in [-0.15, -0.1) is 0 Å². The Hall–Kier alpha value is -6.25. The summed E-state index contributed by atoms with van der Waals surface area (Å²) in [6.07, 6.45) is 0. The van der Waals surface area contributed by atoms with Gasteiger partial charge < -0.3 is 40.4 Å². The van der Waals surface area contributed by atoms with Crippen LogP contribution in [0.2, 0.25) is 0 Å². The molecule has 0 aliphatic carbocycles. The first-order chi connectivity index (χ1) is 22.4. The highest BCUT2D eigenvalue weighted by atomic mass is 19.1. The molecule has 4 aromatic rings. The van der Waals surface area contributed by atoms with Gasteiger partial charge >= 0.3 is 5.97 Å². The predicted octanol–water partition coefficient (Wildman–Crippen LogP) is 4.69.